The molecule has 2 aromatic carbocycles. The highest BCUT2D eigenvalue weighted by Gasteiger charge is 2.12. The molecular weight excluding hydrogens is 396 g/mol. The third-order valence-electron chi connectivity index (χ3n) is 5.61. The number of carbonyl (C=O) groups is 1. The number of hydrogen-bond acceptors (Lipinski definition) is 3. The van der Waals surface area contributed by atoms with Crippen LogP contribution in [0, 0.1) is 0 Å². The number of aromatic nitrogens is 4. The van der Waals surface area contributed by atoms with E-state index in [-0.39, 0.29) is 5.78 Å². The Morgan fingerprint density at radius 1 is 0.562 bits per heavy atom. The Morgan fingerprint density at radius 2 is 1.00 bits per heavy atom. The summed E-state index contributed by atoms with van der Waals surface area (Å²) >= 11 is 0. The van der Waals surface area contributed by atoms with Gasteiger partial charge in [0.05, 0.1) is 11.4 Å². The van der Waals surface area contributed by atoms with E-state index in [0.29, 0.717) is 11.1 Å². The molecule has 32 heavy (non-hydrogen) atoms. The number of imidazole rings is 2. The molecule has 0 atom stereocenters. The molecule has 6 aromatic rings. The zero-order valence-corrected chi connectivity index (χ0v) is 17.1. The fraction of sp³-hybridized carbons (Fsp3) is 0. The number of benzene rings is 2. The van der Waals surface area contributed by atoms with E-state index in [4.69, 9.17) is 0 Å². The molecule has 0 bridgehead atoms. The Hall–Kier alpha value is -4.51. The average molecular weight is 414 g/mol. The minimum atomic E-state index is -0.00639. The monoisotopic (exact) mass is 414 g/mol. The van der Waals surface area contributed by atoms with Crippen LogP contribution in [0.4, 0.5) is 0 Å². The number of ketones is 1. The molecule has 0 aliphatic rings. The van der Waals surface area contributed by atoms with Crippen LogP contribution in [0.1, 0.15) is 15.9 Å². The van der Waals surface area contributed by atoms with Crippen molar-refractivity contribution in [3.05, 3.63) is 121 Å². The third kappa shape index (κ3) is 3.17. The SMILES string of the molecule is O=C(c1ccc(-c2cn3ccccc3n2)cc1)c1ccc(-c2cn3ccccc3n2)cc1. The molecule has 0 unspecified atom stereocenters. The molecule has 5 heteroatoms. The zero-order chi connectivity index (χ0) is 21.5. The van der Waals surface area contributed by atoms with Crippen molar-refractivity contribution in [3.8, 4) is 22.5 Å². The normalized spacial score (nSPS) is 11.2. The average Bonchev–Trinajstić information content (AvgIpc) is 3.48. The van der Waals surface area contributed by atoms with E-state index in [2.05, 4.69) is 9.97 Å². The maximum absolute atomic E-state index is 13.0. The molecule has 6 rings (SSSR count). The summed E-state index contributed by atoms with van der Waals surface area (Å²) in [7, 11) is 0. The second-order valence-corrected chi connectivity index (χ2v) is 7.67. The summed E-state index contributed by atoms with van der Waals surface area (Å²) in [6.07, 6.45) is 7.92. The quantitative estimate of drug-likeness (QED) is 0.356. The molecule has 0 aliphatic heterocycles. The molecule has 0 amide bonds. The Bertz CT molecular complexity index is 1390. The molecule has 0 aliphatic carbocycles. The predicted octanol–water partition coefficient (Wildman–Crippen LogP) is 5.55. The van der Waals surface area contributed by atoms with Gasteiger partial charge in [-0.2, -0.15) is 0 Å². The fourth-order valence-electron chi connectivity index (χ4n) is 3.90. The summed E-state index contributed by atoms with van der Waals surface area (Å²) < 4.78 is 3.97. The lowest BCUT2D eigenvalue weighted by atomic mass is 10.00. The molecule has 4 aromatic heterocycles. The number of carbonyl (C=O) groups excluding carboxylic acids is 1. The van der Waals surface area contributed by atoms with Crippen LogP contribution in [0.5, 0.6) is 0 Å². The molecule has 4 heterocycles. The van der Waals surface area contributed by atoms with Crippen LogP contribution in [0.2, 0.25) is 0 Å². The maximum atomic E-state index is 13.0. The van der Waals surface area contributed by atoms with Gasteiger partial charge in [0.2, 0.25) is 0 Å². The standard InChI is InChI=1S/C27H18N4O/c32-27(21-11-7-19(8-12-21)23-17-30-15-3-1-5-25(30)28-23)22-13-9-20(10-14-22)24-18-31-16-4-2-6-26(31)29-24/h1-18H. The first kappa shape index (κ1) is 18.3. The first-order valence-electron chi connectivity index (χ1n) is 10.4. The van der Waals surface area contributed by atoms with Crippen molar-refractivity contribution in [2.75, 3.05) is 0 Å². The van der Waals surface area contributed by atoms with E-state index in [0.717, 1.165) is 33.8 Å². The summed E-state index contributed by atoms with van der Waals surface area (Å²) in [6.45, 7) is 0. The van der Waals surface area contributed by atoms with Gasteiger partial charge in [0, 0.05) is 47.0 Å². The summed E-state index contributed by atoms with van der Waals surface area (Å²) in [5, 5.41) is 0. The van der Waals surface area contributed by atoms with Crippen LogP contribution in [0.25, 0.3) is 33.8 Å². The molecule has 0 saturated heterocycles. The molecule has 0 saturated carbocycles. The van der Waals surface area contributed by atoms with Crippen molar-refractivity contribution in [2.45, 2.75) is 0 Å². The second kappa shape index (κ2) is 7.32. The van der Waals surface area contributed by atoms with Gasteiger partial charge in [-0.3, -0.25) is 4.79 Å². The van der Waals surface area contributed by atoms with Gasteiger partial charge in [0.1, 0.15) is 11.3 Å². The minimum absolute atomic E-state index is 0.00639. The van der Waals surface area contributed by atoms with E-state index < -0.39 is 0 Å². The number of fused-ring (bicyclic) bond motifs is 2. The van der Waals surface area contributed by atoms with E-state index in [1.807, 2.05) is 119 Å². The Kier molecular flexibility index (Phi) is 4.18. The van der Waals surface area contributed by atoms with E-state index in [1.165, 1.54) is 0 Å². The van der Waals surface area contributed by atoms with Crippen LogP contribution in [0.3, 0.4) is 0 Å². The molecular formula is C27H18N4O. The summed E-state index contributed by atoms with van der Waals surface area (Å²) in [6, 6.07) is 27.0. The fourth-order valence-corrected chi connectivity index (χ4v) is 3.90. The van der Waals surface area contributed by atoms with Gasteiger partial charge in [0.25, 0.3) is 0 Å². The molecule has 152 valence electrons. The zero-order valence-electron chi connectivity index (χ0n) is 17.1. The van der Waals surface area contributed by atoms with E-state index in [1.54, 1.807) is 0 Å². The summed E-state index contributed by atoms with van der Waals surface area (Å²) in [5.41, 5.74) is 6.82. The van der Waals surface area contributed by atoms with Crippen LogP contribution >= 0.6 is 0 Å². The van der Waals surface area contributed by atoms with Crippen molar-refractivity contribution < 1.29 is 4.79 Å². The molecule has 0 N–H and O–H groups in total. The van der Waals surface area contributed by atoms with Gasteiger partial charge >= 0.3 is 0 Å². The third-order valence-corrected chi connectivity index (χ3v) is 5.61. The highest BCUT2D eigenvalue weighted by molar-refractivity contribution is 6.09. The van der Waals surface area contributed by atoms with Crippen LogP contribution in [-0.4, -0.2) is 24.6 Å². The lowest BCUT2D eigenvalue weighted by molar-refractivity contribution is 0.103. The van der Waals surface area contributed by atoms with Crippen molar-refractivity contribution in [2.24, 2.45) is 0 Å². The van der Waals surface area contributed by atoms with Gasteiger partial charge in [-0.25, -0.2) is 9.97 Å². The highest BCUT2D eigenvalue weighted by Crippen LogP contribution is 2.23. The molecule has 5 nitrogen and oxygen atoms in total. The van der Waals surface area contributed by atoms with Crippen molar-refractivity contribution in [1.82, 2.24) is 18.8 Å². The largest absolute Gasteiger partial charge is 0.306 e. The molecule has 0 radical (unpaired) electrons. The summed E-state index contributed by atoms with van der Waals surface area (Å²) in [5.74, 6) is -0.00639. The van der Waals surface area contributed by atoms with Crippen LogP contribution in [0.15, 0.2) is 110 Å². The lowest BCUT2D eigenvalue weighted by Crippen LogP contribution is -2.01. The predicted molar refractivity (Wildman–Crippen MR) is 125 cm³/mol. The number of nitrogens with zero attached hydrogens (tertiary/aromatic N) is 4. The number of pyridine rings is 2. The Labute approximate surface area is 184 Å². The lowest BCUT2D eigenvalue weighted by Gasteiger charge is -2.04. The first-order valence-corrected chi connectivity index (χ1v) is 10.4. The van der Waals surface area contributed by atoms with Crippen molar-refractivity contribution >= 4 is 17.1 Å². The van der Waals surface area contributed by atoms with Crippen molar-refractivity contribution in [1.29, 1.82) is 0 Å². The van der Waals surface area contributed by atoms with E-state index in [9.17, 15) is 4.79 Å². The van der Waals surface area contributed by atoms with Gasteiger partial charge in [0.15, 0.2) is 5.78 Å². The number of rotatable bonds is 4. The summed E-state index contributed by atoms with van der Waals surface area (Å²) in [4.78, 5) is 22.3. The smallest absolute Gasteiger partial charge is 0.193 e. The molecule has 0 spiro atoms. The van der Waals surface area contributed by atoms with Crippen molar-refractivity contribution in [3.63, 3.8) is 0 Å². The van der Waals surface area contributed by atoms with Gasteiger partial charge in [-0.05, 0) is 24.3 Å². The Balaban J connectivity index is 1.24. The Morgan fingerprint density at radius 3 is 1.41 bits per heavy atom. The first-order chi connectivity index (χ1) is 15.7. The minimum Gasteiger partial charge on any atom is -0.306 e. The van der Waals surface area contributed by atoms with Gasteiger partial charge in [-0.15, -0.1) is 0 Å². The van der Waals surface area contributed by atoms with Gasteiger partial charge < -0.3 is 8.80 Å². The highest BCUT2D eigenvalue weighted by atomic mass is 16.1. The van der Waals surface area contributed by atoms with Crippen LogP contribution < -0.4 is 0 Å². The van der Waals surface area contributed by atoms with Gasteiger partial charge in [-0.1, -0.05) is 60.7 Å². The molecule has 0 fully saturated rings. The van der Waals surface area contributed by atoms with Crippen LogP contribution in [-0.2, 0) is 0 Å². The second-order valence-electron chi connectivity index (χ2n) is 7.67. The topological polar surface area (TPSA) is 51.7 Å². The van der Waals surface area contributed by atoms with E-state index >= 15 is 0 Å². The number of hydrogen-bond donors (Lipinski definition) is 0. The maximum Gasteiger partial charge on any atom is 0.193 e.